The van der Waals surface area contributed by atoms with Gasteiger partial charge >= 0.3 is 0 Å². The number of carbonyl (C=O) groups excluding carboxylic acids is 2. The molecule has 0 heterocycles. The van der Waals surface area contributed by atoms with E-state index >= 15 is 0 Å². The maximum atomic E-state index is 12.3. The second-order valence-electron chi connectivity index (χ2n) is 5.53. The molecule has 0 unspecified atom stereocenters. The fourth-order valence-electron chi connectivity index (χ4n) is 1.94. The first-order valence-electron chi connectivity index (χ1n) is 7.59. The molecular weight excluding hydrogens is 348 g/mol. The van der Waals surface area contributed by atoms with Gasteiger partial charge in [-0.25, -0.2) is 8.42 Å². The number of nitrogens with zero attached hydrogens (tertiary/aromatic N) is 2. The number of anilines is 1. The van der Waals surface area contributed by atoms with Crippen molar-refractivity contribution in [2.45, 2.75) is 13.8 Å². The quantitative estimate of drug-likeness (QED) is 0.616. The Bertz CT molecular complexity index is 670. The molecule has 0 saturated heterocycles. The topological polar surface area (TPSA) is 74.8 Å². The van der Waals surface area contributed by atoms with E-state index in [0.29, 0.717) is 24.3 Å². The zero-order valence-corrected chi connectivity index (χ0v) is 16.1. The van der Waals surface area contributed by atoms with Gasteiger partial charge in [0.1, 0.15) is 0 Å². The molecule has 0 aliphatic rings. The second kappa shape index (κ2) is 9.19. The van der Waals surface area contributed by atoms with E-state index in [0.717, 1.165) is 11.8 Å². The Kier molecular flexibility index (Phi) is 7.92. The number of sulfonamides is 1. The predicted molar refractivity (Wildman–Crippen MR) is 99.3 cm³/mol. The van der Waals surface area contributed by atoms with Crippen molar-refractivity contribution >= 4 is 38.4 Å². The van der Waals surface area contributed by atoms with Crippen LogP contribution in [0.1, 0.15) is 24.2 Å². The second-order valence-corrected chi connectivity index (χ2v) is 8.86. The number of Topliss-reactive ketones (excluding diaryl/α,β-unsaturated/α-hetero) is 1. The van der Waals surface area contributed by atoms with E-state index < -0.39 is 10.0 Å². The fourth-order valence-corrected chi connectivity index (χ4v) is 3.55. The predicted octanol–water partition coefficient (Wildman–Crippen LogP) is 1.87. The van der Waals surface area contributed by atoms with Gasteiger partial charge in [0.25, 0.3) is 0 Å². The van der Waals surface area contributed by atoms with E-state index in [1.165, 1.54) is 11.2 Å². The van der Waals surface area contributed by atoms with E-state index in [1.54, 1.807) is 31.2 Å². The summed E-state index contributed by atoms with van der Waals surface area (Å²) in [5.74, 6) is -0.0530. The molecule has 24 heavy (non-hydrogen) atoms. The Morgan fingerprint density at radius 1 is 1.08 bits per heavy atom. The van der Waals surface area contributed by atoms with Crippen molar-refractivity contribution in [3.8, 4) is 0 Å². The summed E-state index contributed by atoms with van der Waals surface area (Å²) in [4.78, 5) is 24.8. The average Bonchev–Trinajstić information content (AvgIpc) is 2.52. The molecule has 134 valence electrons. The lowest BCUT2D eigenvalue weighted by Gasteiger charge is -2.25. The summed E-state index contributed by atoms with van der Waals surface area (Å²) in [6, 6.07) is 6.47. The number of hydrogen-bond donors (Lipinski definition) is 0. The highest BCUT2D eigenvalue weighted by molar-refractivity contribution is 8.14. The van der Waals surface area contributed by atoms with Crippen LogP contribution in [0.5, 0.6) is 0 Å². The van der Waals surface area contributed by atoms with E-state index in [9.17, 15) is 18.0 Å². The SMILES string of the molecule is CCS(=O)(=O)N(CCN(C)C)c1ccc(C(=O)CSC(C)=O)cc1. The van der Waals surface area contributed by atoms with E-state index in [1.807, 2.05) is 19.0 Å². The van der Waals surface area contributed by atoms with Crippen LogP contribution in [0.2, 0.25) is 0 Å². The molecule has 0 aromatic heterocycles. The largest absolute Gasteiger partial charge is 0.308 e. The minimum absolute atomic E-state index is 0.0103. The summed E-state index contributed by atoms with van der Waals surface area (Å²) in [7, 11) is 0.370. The smallest absolute Gasteiger partial charge is 0.234 e. The van der Waals surface area contributed by atoms with Crippen LogP contribution >= 0.6 is 11.8 Å². The van der Waals surface area contributed by atoms with Crippen LogP contribution in [-0.2, 0) is 14.8 Å². The van der Waals surface area contributed by atoms with Gasteiger partial charge in [-0.05, 0) is 45.3 Å². The molecule has 0 N–H and O–H groups in total. The lowest BCUT2D eigenvalue weighted by Crippen LogP contribution is -2.37. The molecule has 0 fully saturated rings. The zero-order valence-electron chi connectivity index (χ0n) is 14.5. The molecule has 0 radical (unpaired) electrons. The van der Waals surface area contributed by atoms with Crippen LogP contribution in [0.25, 0.3) is 0 Å². The first-order chi connectivity index (χ1) is 11.2. The normalized spacial score (nSPS) is 11.5. The fraction of sp³-hybridized carbons (Fsp3) is 0.500. The molecule has 0 saturated carbocycles. The molecule has 0 atom stereocenters. The highest BCUT2D eigenvalue weighted by Crippen LogP contribution is 2.20. The average molecular weight is 373 g/mol. The summed E-state index contributed by atoms with van der Waals surface area (Å²) in [5, 5.41) is -0.108. The van der Waals surface area contributed by atoms with Gasteiger partial charge in [-0.2, -0.15) is 0 Å². The number of hydrogen-bond acceptors (Lipinski definition) is 6. The Hall–Kier alpha value is -1.38. The highest BCUT2D eigenvalue weighted by atomic mass is 32.2. The maximum Gasteiger partial charge on any atom is 0.234 e. The monoisotopic (exact) mass is 372 g/mol. The number of ketones is 1. The summed E-state index contributed by atoms with van der Waals surface area (Å²) < 4.78 is 26.0. The number of rotatable bonds is 9. The van der Waals surface area contributed by atoms with Crippen LogP contribution in [0.4, 0.5) is 5.69 Å². The van der Waals surface area contributed by atoms with Crippen molar-refractivity contribution < 1.29 is 18.0 Å². The van der Waals surface area contributed by atoms with E-state index in [-0.39, 0.29) is 22.4 Å². The van der Waals surface area contributed by atoms with Crippen LogP contribution in [-0.4, -0.2) is 62.9 Å². The minimum atomic E-state index is -3.39. The molecule has 0 bridgehead atoms. The summed E-state index contributed by atoms with van der Waals surface area (Å²) >= 11 is 0.964. The molecule has 0 aliphatic heterocycles. The van der Waals surface area contributed by atoms with E-state index in [2.05, 4.69) is 0 Å². The van der Waals surface area contributed by atoms with Gasteiger partial charge in [0.05, 0.1) is 17.2 Å². The third kappa shape index (κ3) is 6.26. The third-order valence-electron chi connectivity index (χ3n) is 3.33. The van der Waals surface area contributed by atoms with Crippen LogP contribution in [0.15, 0.2) is 24.3 Å². The first kappa shape index (κ1) is 20.7. The lowest BCUT2D eigenvalue weighted by molar-refractivity contribution is -0.109. The van der Waals surface area contributed by atoms with Crippen LogP contribution in [0.3, 0.4) is 0 Å². The van der Waals surface area contributed by atoms with Crippen LogP contribution < -0.4 is 4.31 Å². The maximum absolute atomic E-state index is 12.3. The molecule has 1 aromatic carbocycles. The zero-order chi connectivity index (χ0) is 18.3. The van der Waals surface area contributed by atoms with Crippen molar-refractivity contribution in [1.82, 2.24) is 4.90 Å². The third-order valence-corrected chi connectivity index (χ3v) is 5.94. The Balaban J connectivity index is 2.96. The summed E-state index contributed by atoms with van der Waals surface area (Å²) in [5.41, 5.74) is 1.00. The van der Waals surface area contributed by atoms with Crippen molar-refractivity contribution in [2.24, 2.45) is 0 Å². The molecule has 1 rings (SSSR count). The van der Waals surface area contributed by atoms with Crippen molar-refractivity contribution in [3.05, 3.63) is 29.8 Å². The van der Waals surface area contributed by atoms with Gasteiger partial charge < -0.3 is 4.90 Å². The van der Waals surface area contributed by atoms with Gasteiger partial charge in [-0.1, -0.05) is 11.8 Å². The van der Waals surface area contributed by atoms with Gasteiger partial charge in [-0.15, -0.1) is 0 Å². The molecular formula is C16H24N2O4S2. The van der Waals surface area contributed by atoms with Crippen molar-refractivity contribution in [3.63, 3.8) is 0 Å². The van der Waals surface area contributed by atoms with Crippen molar-refractivity contribution in [1.29, 1.82) is 0 Å². The molecule has 0 aliphatic carbocycles. The lowest BCUT2D eigenvalue weighted by atomic mass is 10.1. The molecule has 8 heteroatoms. The molecule has 6 nitrogen and oxygen atoms in total. The van der Waals surface area contributed by atoms with Crippen molar-refractivity contribution in [2.75, 3.05) is 43.0 Å². The summed E-state index contributed by atoms with van der Waals surface area (Å²) in [6.45, 7) is 3.96. The number of carbonyl (C=O) groups is 2. The Morgan fingerprint density at radius 3 is 2.12 bits per heavy atom. The molecule has 1 aromatic rings. The minimum Gasteiger partial charge on any atom is -0.308 e. The van der Waals surface area contributed by atoms with Crippen LogP contribution in [0, 0.1) is 0 Å². The molecule has 0 spiro atoms. The van der Waals surface area contributed by atoms with E-state index in [4.69, 9.17) is 0 Å². The van der Waals surface area contributed by atoms with Gasteiger partial charge in [0.15, 0.2) is 10.9 Å². The standard InChI is InChI=1S/C16H24N2O4S2/c1-5-24(21,22)18(11-10-17(3)4)15-8-6-14(7-9-15)16(20)12-23-13(2)19/h6-9H,5,10-12H2,1-4H3. The number of likely N-dealkylation sites (N-methyl/N-ethyl adjacent to an activating group) is 1. The highest BCUT2D eigenvalue weighted by Gasteiger charge is 2.21. The Morgan fingerprint density at radius 2 is 1.67 bits per heavy atom. The first-order valence-corrected chi connectivity index (χ1v) is 10.2. The molecule has 0 amide bonds. The van der Waals surface area contributed by atoms with Gasteiger partial charge in [0, 0.05) is 25.6 Å². The van der Waals surface area contributed by atoms with Gasteiger partial charge in [0.2, 0.25) is 10.0 Å². The number of benzene rings is 1. The summed E-state index contributed by atoms with van der Waals surface area (Å²) in [6.07, 6.45) is 0. The van der Waals surface area contributed by atoms with Gasteiger partial charge in [-0.3, -0.25) is 13.9 Å². The number of thioether (sulfide) groups is 1. The Labute approximate surface area is 148 Å².